The van der Waals surface area contributed by atoms with Gasteiger partial charge in [-0.25, -0.2) is 0 Å². The lowest BCUT2D eigenvalue weighted by molar-refractivity contribution is -0.112. The molecule has 1 nitrogen and oxygen atoms in total. The second-order valence-electron chi connectivity index (χ2n) is 3.74. The van der Waals surface area contributed by atoms with E-state index in [1.807, 2.05) is 27.7 Å². The molecule has 0 heterocycles. The van der Waals surface area contributed by atoms with Crippen molar-refractivity contribution < 1.29 is 4.79 Å². The molecule has 1 aliphatic rings. The normalized spacial score (nSPS) is 14.6. The lowest BCUT2D eigenvalue weighted by Crippen LogP contribution is -1.95. The highest BCUT2D eigenvalue weighted by Gasteiger charge is 2.25. The summed E-state index contributed by atoms with van der Waals surface area (Å²) in [6.07, 6.45) is 1.32. The van der Waals surface area contributed by atoms with Crippen molar-refractivity contribution in [1.82, 2.24) is 0 Å². The van der Waals surface area contributed by atoms with E-state index in [-0.39, 0.29) is 5.78 Å². The smallest absolute Gasteiger partial charge is 0.185 e. The standard InChI is InChI=1S/C15H16O/c1-5-7-9-13-11(3)15(16)12(4)14(13)10-8-6-2/h9-10H2,1-4H3. The predicted octanol–water partition coefficient (Wildman–Crippen LogP) is 3.03. The quantitative estimate of drug-likeness (QED) is 0.643. The molecule has 1 heteroatoms. The second-order valence-corrected chi connectivity index (χ2v) is 3.74. The maximum atomic E-state index is 11.8. The molecule has 0 unspecified atom stereocenters. The molecule has 16 heavy (non-hydrogen) atoms. The molecule has 82 valence electrons. The molecule has 0 aliphatic heterocycles. The van der Waals surface area contributed by atoms with E-state index < -0.39 is 0 Å². The van der Waals surface area contributed by atoms with E-state index in [0.29, 0.717) is 12.8 Å². The fourth-order valence-electron chi connectivity index (χ4n) is 1.84. The van der Waals surface area contributed by atoms with Crippen LogP contribution in [-0.4, -0.2) is 5.78 Å². The monoisotopic (exact) mass is 212 g/mol. The van der Waals surface area contributed by atoms with Gasteiger partial charge >= 0.3 is 0 Å². The molecule has 0 amide bonds. The van der Waals surface area contributed by atoms with Crippen molar-refractivity contribution in [2.24, 2.45) is 0 Å². The molecule has 0 atom stereocenters. The van der Waals surface area contributed by atoms with Crippen molar-refractivity contribution in [3.63, 3.8) is 0 Å². The summed E-state index contributed by atoms with van der Waals surface area (Å²) < 4.78 is 0. The van der Waals surface area contributed by atoms with E-state index in [4.69, 9.17) is 0 Å². The van der Waals surface area contributed by atoms with E-state index in [2.05, 4.69) is 23.7 Å². The van der Waals surface area contributed by atoms with Crippen molar-refractivity contribution in [1.29, 1.82) is 0 Å². The Morgan fingerprint density at radius 2 is 1.25 bits per heavy atom. The van der Waals surface area contributed by atoms with Gasteiger partial charge in [-0.15, -0.1) is 11.8 Å². The topological polar surface area (TPSA) is 17.1 Å². The lowest BCUT2D eigenvalue weighted by Gasteiger charge is -2.03. The Kier molecular flexibility index (Phi) is 4.15. The maximum Gasteiger partial charge on any atom is 0.185 e. The molecule has 0 bridgehead atoms. The van der Waals surface area contributed by atoms with Crippen molar-refractivity contribution in [3.8, 4) is 23.7 Å². The van der Waals surface area contributed by atoms with Gasteiger partial charge in [-0.3, -0.25) is 4.79 Å². The van der Waals surface area contributed by atoms with Crippen molar-refractivity contribution in [3.05, 3.63) is 22.3 Å². The van der Waals surface area contributed by atoms with Crippen LogP contribution in [0.2, 0.25) is 0 Å². The zero-order valence-corrected chi connectivity index (χ0v) is 10.3. The minimum atomic E-state index is 0.154. The molecule has 0 aromatic heterocycles. The third-order valence-electron chi connectivity index (χ3n) is 2.83. The summed E-state index contributed by atoms with van der Waals surface area (Å²) in [5.74, 6) is 11.9. The molecule has 0 saturated carbocycles. The van der Waals surface area contributed by atoms with Gasteiger partial charge < -0.3 is 0 Å². The van der Waals surface area contributed by atoms with Gasteiger partial charge in [0.25, 0.3) is 0 Å². The first kappa shape index (κ1) is 12.3. The number of hydrogen-bond donors (Lipinski definition) is 0. The minimum Gasteiger partial charge on any atom is -0.289 e. The fourth-order valence-corrected chi connectivity index (χ4v) is 1.84. The largest absolute Gasteiger partial charge is 0.289 e. The average molecular weight is 212 g/mol. The number of carbonyl (C=O) groups excluding carboxylic acids is 1. The predicted molar refractivity (Wildman–Crippen MR) is 66.5 cm³/mol. The second kappa shape index (κ2) is 5.38. The number of rotatable bonds is 2. The molecule has 0 aromatic carbocycles. The summed E-state index contributed by atoms with van der Waals surface area (Å²) in [5, 5.41) is 0. The zero-order chi connectivity index (χ0) is 12.1. The summed E-state index contributed by atoms with van der Waals surface area (Å²) in [5.41, 5.74) is 3.85. The first-order valence-corrected chi connectivity index (χ1v) is 5.37. The van der Waals surface area contributed by atoms with Gasteiger partial charge in [0, 0.05) is 24.0 Å². The van der Waals surface area contributed by atoms with Gasteiger partial charge in [0.1, 0.15) is 0 Å². The van der Waals surface area contributed by atoms with Crippen LogP contribution >= 0.6 is 0 Å². The highest BCUT2D eigenvalue weighted by Crippen LogP contribution is 2.33. The molecule has 1 rings (SSSR count). The molecule has 0 aromatic rings. The molecular formula is C15H16O. The molecule has 0 radical (unpaired) electrons. The van der Waals surface area contributed by atoms with Gasteiger partial charge in [0.2, 0.25) is 0 Å². The van der Waals surface area contributed by atoms with E-state index >= 15 is 0 Å². The van der Waals surface area contributed by atoms with Crippen LogP contribution in [0.5, 0.6) is 0 Å². The van der Waals surface area contributed by atoms with Crippen LogP contribution in [0, 0.1) is 23.7 Å². The van der Waals surface area contributed by atoms with Crippen molar-refractivity contribution in [2.45, 2.75) is 40.5 Å². The SMILES string of the molecule is CC#CCC1=C(C)C(=O)C(C)=C1CC#CC. The Bertz CT molecular complexity index is 447. The van der Waals surface area contributed by atoms with Crippen molar-refractivity contribution >= 4 is 5.78 Å². The molecule has 1 aliphatic carbocycles. The fraction of sp³-hybridized carbons (Fsp3) is 0.400. The Balaban J connectivity index is 3.10. The van der Waals surface area contributed by atoms with Crippen LogP contribution < -0.4 is 0 Å². The third kappa shape index (κ3) is 2.26. The van der Waals surface area contributed by atoms with Crippen LogP contribution in [0.1, 0.15) is 40.5 Å². The summed E-state index contributed by atoms with van der Waals surface area (Å²) >= 11 is 0. The van der Waals surface area contributed by atoms with E-state index in [9.17, 15) is 4.79 Å². The number of allylic oxidation sites excluding steroid dienone is 4. The molecular weight excluding hydrogens is 196 g/mol. The van der Waals surface area contributed by atoms with Crippen LogP contribution in [0.4, 0.5) is 0 Å². The number of ketones is 1. The molecule has 0 spiro atoms. The third-order valence-corrected chi connectivity index (χ3v) is 2.83. The molecule has 0 N–H and O–H groups in total. The first-order chi connectivity index (χ1) is 7.63. The van der Waals surface area contributed by atoms with E-state index in [1.54, 1.807) is 0 Å². The Morgan fingerprint density at radius 1 is 0.875 bits per heavy atom. The van der Waals surface area contributed by atoms with Crippen LogP contribution in [0.25, 0.3) is 0 Å². The maximum absolute atomic E-state index is 11.8. The van der Waals surface area contributed by atoms with Gasteiger partial charge in [0.05, 0.1) is 0 Å². The Hall–Kier alpha value is -1.73. The summed E-state index contributed by atoms with van der Waals surface area (Å²) in [6, 6.07) is 0. The van der Waals surface area contributed by atoms with Crippen LogP contribution in [-0.2, 0) is 4.79 Å². The molecule has 0 fully saturated rings. The van der Waals surface area contributed by atoms with E-state index in [1.165, 1.54) is 0 Å². The van der Waals surface area contributed by atoms with Gasteiger partial charge in [-0.2, -0.15) is 0 Å². The summed E-state index contributed by atoms with van der Waals surface area (Å²) in [7, 11) is 0. The number of Topliss-reactive ketones (excluding diaryl/α,β-unsaturated/α-hetero) is 1. The van der Waals surface area contributed by atoms with Crippen LogP contribution in [0.3, 0.4) is 0 Å². The Morgan fingerprint density at radius 3 is 1.56 bits per heavy atom. The number of carbonyl (C=O) groups is 1. The van der Waals surface area contributed by atoms with Crippen LogP contribution in [0.15, 0.2) is 22.3 Å². The van der Waals surface area contributed by atoms with Gasteiger partial charge in [-0.05, 0) is 38.8 Å². The zero-order valence-electron chi connectivity index (χ0n) is 10.3. The van der Waals surface area contributed by atoms with E-state index in [0.717, 1.165) is 22.3 Å². The molecule has 0 saturated heterocycles. The Labute approximate surface area is 97.6 Å². The highest BCUT2D eigenvalue weighted by atomic mass is 16.1. The van der Waals surface area contributed by atoms with Crippen molar-refractivity contribution in [2.75, 3.05) is 0 Å². The van der Waals surface area contributed by atoms with Gasteiger partial charge in [0.15, 0.2) is 5.78 Å². The lowest BCUT2D eigenvalue weighted by atomic mass is 10.00. The summed E-state index contributed by atoms with van der Waals surface area (Å²) in [6.45, 7) is 7.39. The highest BCUT2D eigenvalue weighted by molar-refractivity contribution is 6.12. The number of hydrogen-bond acceptors (Lipinski definition) is 1. The first-order valence-electron chi connectivity index (χ1n) is 5.37. The summed E-state index contributed by atoms with van der Waals surface area (Å²) in [4.78, 5) is 11.8. The average Bonchev–Trinajstić information content (AvgIpc) is 2.49. The minimum absolute atomic E-state index is 0.154. The van der Waals surface area contributed by atoms with Gasteiger partial charge in [-0.1, -0.05) is 11.8 Å².